The number of carbonyl (C=O) groups excluding carboxylic acids is 1. The van der Waals surface area contributed by atoms with E-state index >= 15 is 0 Å². The van der Waals surface area contributed by atoms with Crippen molar-refractivity contribution in [2.24, 2.45) is 5.73 Å². The smallest absolute Gasteiger partial charge is 0.277 e. The molecule has 3 N–H and O–H groups in total. The number of nitrogen functional groups attached to an aromatic ring is 1. The molecule has 0 unspecified atom stereocenters. The Hall–Kier alpha value is -2.88. The van der Waals surface area contributed by atoms with Crippen LogP contribution in [0.4, 0.5) is 0 Å². The van der Waals surface area contributed by atoms with Crippen LogP contribution in [0.25, 0.3) is 11.0 Å². The molecule has 3 aromatic rings. The van der Waals surface area contributed by atoms with E-state index < -0.39 is 10.0 Å². The number of hydrogen-bond donors (Lipinski definition) is 2. The molecular formula is C20H19ClN4O4S. The highest BCUT2D eigenvalue weighted by molar-refractivity contribution is 7.89. The van der Waals surface area contributed by atoms with Crippen molar-refractivity contribution in [3.8, 4) is 0 Å². The van der Waals surface area contributed by atoms with E-state index in [4.69, 9.17) is 27.2 Å². The van der Waals surface area contributed by atoms with Gasteiger partial charge >= 0.3 is 0 Å². The van der Waals surface area contributed by atoms with E-state index in [0.717, 1.165) is 9.87 Å². The molecule has 0 atom stereocenters. The Morgan fingerprint density at radius 1 is 1.13 bits per heavy atom. The summed E-state index contributed by atoms with van der Waals surface area (Å²) < 4.78 is 32.5. The second kappa shape index (κ2) is 7.75. The molecule has 4 rings (SSSR count). The molecule has 0 spiro atoms. The molecule has 1 aliphatic rings. The zero-order chi connectivity index (χ0) is 21.5. The number of rotatable bonds is 5. The largest absolute Gasteiger partial charge is 0.443 e. The normalized spacial score (nSPS) is 15.6. The first-order chi connectivity index (χ1) is 14.2. The monoisotopic (exact) mass is 446 g/mol. The van der Waals surface area contributed by atoms with E-state index in [2.05, 4.69) is 0 Å². The van der Waals surface area contributed by atoms with Crippen molar-refractivity contribution in [1.29, 1.82) is 5.41 Å². The summed E-state index contributed by atoms with van der Waals surface area (Å²) in [6, 6.07) is 13.3. The van der Waals surface area contributed by atoms with Gasteiger partial charge in [0.05, 0.1) is 6.54 Å². The predicted octanol–water partition coefficient (Wildman–Crippen LogP) is 2.40. The van der Waals surface area contributed by atoms with Gasteiger partial charge < -0.3 is 15.1 Å². The Morgan fingerprint density at radius 3 is 2.53 bits per heavy atom. The second-order valence-corrected chi connectivity index (χ2v) is 9.32. The van der Waals surface area contributed by atoms with Crippen LogP contribution >= 0.6 is 11.6 Å². The Morgan fingerprint density at radius 2 is 1.87 bits per heavy atom. The number of amides is 1. The van der Waals surface area contributed by atoms with Gasteiger partial charge in [-0.2, -0.15) is 4.31 Å². The Balaban J connectivity index is 1.47. The van der Waals surface area contributed by atoms with E-state index in [1.807, 2.05) is 0 Å². The van der Waals surface area contributed by atoms with Crippen molar-refractivity contribution in [3.05, 3.63) is 64.7 Å². The Kier molecular flexibility index (Phi) is 5.27. The van der Waals surface area contributed by atoms with Crippen molar-refractivity contribution in [2.45, 2.75) is 11.6 Å². The molecule has 1 aliphatic heterocycles. The lowest BCUT2D eigenvalue weighted by Crippen LogP contribution is -2.51. The van der Waals surface area contributed by atoms with Crippen LogP contribution in [0.15, 0.2) is 58.0 Å². The van der Waals surface area contributed by atoms with E-state index in [1.54, 1.807) is 47.4 Å². The fraction of sp³-hybridized carbons (Fsp3) is 0.200. The van der Waals surface area contributed by atoms with Crippen molar-refractivity contribution in [1.82, 2.24) is 9.21 Å². The molecule has 1 aromatic heterocycles. The summed E-state index contributed by atoms with van der Waals surface area (Å²) in [5.74, 6) is -0.316. The number of nitrogens with zero attached hydrogens (tertiary/aromatic N) is 2. The van der Waals surface area contributed by atoms with Gasteiger partial charge in [0.2, 0.25) is 11.0 Å². The maximum atomic E-state index is 13.0. The predicted molar refractivity (Wildman–Crippen MR) is 113 cm³/mol. The molecule has 2 aromatic carbocycles. The Bertz CT molecular complexity index is 1240. The molecule has 10 heteroatoms. The number of nitrogens with two attached hydrogens (primary N) is 1. The maximum absolute atomic E-state index is 13.0. The van der Waals surface area contributed by atoms with E-state index in [9.17, 15) is 13.2 Å². The molecule has 8 nitrogen and oxygen atoms in total. The molecule has 0 bridgehead atoms. The van der Waals surface area contributed by atoms with Crippen LogP contribution in [0.3, 0.4) is 0 Å². The SMILES string of the molecule is N=C(N)c1ccc(CN2CCN(S(=O)(=O)c3cc4cc(Cl)ccc4o3)CC2=O)cc1. The molecule has 1 saturated heterocycles. The second-order valence-electron chi connectivity index (χ2n) is 7.01. The third-order valence-electron chi connectivity index (χ3n) is 4.97. The number of amidine groups is 1. The summed E-state index contributed by atoms with van der Waals surface area (Å²) in [7, 11) is -3.94. The molecule has 0 radical (unpaired) electrons. The van der Waals surface area contributed by atoms with Gasteiger partial charge in [0.25, 0.3) is 10.0 Å². The van der Waals surface area contributed by atoms with Crippen LogP contribution < -0.4 is 5.73 Å². The third kappa shape index (κ3) is 3.91. The molecule has 156 valence electrons. The number of furan rings is 1. The average molecular weight is 447 g/mol. The highest BCUT2D eigenvalue weighted by atomic mass is 35.5. The standard InChI is InChI=1S/C20H19ClN4O4S/c21-16-5-6-17-15(9-16)10-19(29-17)30(27,28)25-8-7-24(18(26)12-25)11-13-1-3-14(4-2-13)20(22)23/h1-6,9-10H,7-8,11-12H2,(H3,22,23). The number of sulfonamides is 1. The first-order valence-corrected chi connectivity index (χ1v) is 11.0. The quantitative estimate of drug-likeness (QED) is 0.460. The summed E-state index contributed by atoms with van der Waals surface area (Å²) in [5, 5.41) is 8.28. The fourth-order valence-electron chi connectivity index (χ4n) is 3.31. The van der Waals surface area contributed by atoms with Crippen LogP contribution in [-0.4, -0.2) is 49.0 Å². The topological polar surface area (TPSA) is 121 Å². The van der Waals surface area contributed by atoms with Gasteiger partial charge in [-0.05, 0) is 23.8 Å². The number of carbonyl (C=O) groups is 1. The van der Waals surface area contributed by atoms with Gasteiger partial charge in [-0.1, -0.05) is 35.9 Å². The minimum atomic E-state index is -3.94. The van der Waals surface area contributed by atoms with Crippen LogP contribution in [0.5, 0.6) is 0 Å². The minimum absolute atomic E-state index is 0.0238. The van der Waals surface area contributed by atoms with Crippen LogP contribution in [0, 0.1) is 5.41 Å². The number of piperazine rings is 1. The van der Waals surface area contributed by atoms with Gasteiger partial charge in [-0.3, -0.25) is 10.2 Å². The number of nitrogens with one attached hydrogen (secondary N) is 1. The summed E-state index contributed by atoms with van der Waals surface area (Å²) in [6.07, 6.45) is 0. The number of fused-ring (bicyclic) bond motifs is 1. The number of halogens is 1. The molecule has 1 fully saturated rings. The highest BCUT2D eigenvalue weighted by Gasteiger charge is 2.34. The average Bonchev–Trinajstić information content (AvgIpc) is 3.14. The van der Waals surface area contributed by atoms with Gasteiger partial charge in [-0.15, -0.1) is 0 Å². The lowest BCUT2D eigenvalue weighted by Gasteiger charge is -2.33. The van der Waals surface area contributed by atoms with Gasteiger partial charge in [0.15, 0.2) is 0 Å². The number of hydrogen-bond acceptors (Lipinski definition) is 5. The first-order valence-electron chi connectivity index (χ1n) is 9.14. The third-order valence-corrected chi connectivity index (χ3v) is 6.91. The first kappa shape index (κ1) is 20.4. The molecule has 0 saturated carbocycles. The van der Waals surface area contributed by atoms with E-state index in [1.165, 1.54) is 6.07 Å². The zero-order valence-electron chi connectivity index (χ0n) is 15.8. The zero-order valence-corrected chi connectivity index (χ0v) is 17.4. The Labute approximate surface area is 178 Å². The summed E-state index contributed by atoms with van der Waals surface area (Å²) in [5.41, 5.74) is 7.34. The van der Waals surface area contributed by atoms with E-state index in [0.29, 0.717) is 28.1 Å². The van der Waals surface area contributed by atoms with Crippen LogP contribution in [0.1, 0.15) is 11.1 Å². The van der Waals surface area contributed by atoms with Gasteiger partial charge in [0, 0.05) is 41.7 Å². The minimum Gasteiger partial charge on any atom is -0.443 e. The van der Waals surface area contributed by atoms with Crippen molar-refractivity contribution in [2.75, 3.05) is 19.6 Å². The molecular weight excluding hydrogens is 428 g/mol. The van der Waals surface area contributed by atoms with Crippen molar-refractivity contribution >= 4 is 44.3 Å². The lowest BCUT2D eigenvalue weighted by molar-refractivity contribution is -0.134. The summed E-state index contributed by atoms with van der Waals surface area (Å²) in [6.45, 7) is 0.524. The molecule has 30 heavy (non-hydrogen) atoms. The fourth-order valence-corrected chi connectivity index (χ4v) is 4.82. The van der Waals surface area contributed by atoms with Gasteiger partial charge in [0.1, 0.15) is 11.4 Å². The maximum Gasteiger partial charge on any atom is 0.277 e. The summed E-state index contributed by atoms with van der Waals surface area (Å²) in [4.78, 5) is 14.2. The van der Waals surface area contributed by atoms with Crippen LogP contribution in [-0.2, 0) is 21.4 Å². The van der Waals surface area contributed by atoms with Crippen molar-refractivity contribution in [3.63, 3.8) is 0 Å². The summed E-state index contributed by atoms with van der Waals surface area (Å²) >= 11 is 5.95. The van der Waals surface area contributed by atoms with Gasteiger partial charge in [-0.25, -0.2) is 8.42 Å². The molecule has 0 aliphatic carbocycles. The van der Waals surface area contributed by atoms with E-state index in [-0.39, 0.29) is 36.5 Å². The van der Waals surface area contributed by atoms with Crippen LogP contribution in [0.2, 0.25) is 5.02 Å². The number of benzene rings is 2. The molecule has 2 heterocycles. The molecule has 1 amide bonds. The lowest BCUT2D eigenvalue weighted by atomic mass is 10.1. The highest BCUT2D eigenvalue weighted by Crippen LogP contribution is 2.28. The van der Waals surface area contributed by atoms with Crippen molar-refractivity contribution < 1.29 is 17.6 Å².